The van der Waals surface area contributed by atoms with E-state index in [-0.39, 0.29) is 24.4 Å². The zero-order chi connectivity index (χ0) is 17.2. The summed E-state index contributed by atoms with van der Waals surface area (Å²) in [5.41, 5.74) is 6.01. The maximum absolute atomic E-state index is 12.0. The lowest BCUT2D eigenvalue weighted by atomic mass is 10.0. The summed E-state index contributed by atoms with van der Waals surface area (Å²) in [6.45, 7) is 5.58. The normalized spacial score (nSPS) is 11.8. The fourth-order valence-electron chi connectivity index (χ4n) is 2.09. The summed E-state index contributed by atoms with van der Waals surface area (Å²) in [6, 6.07) is 7.93. The lowest BCUT2D eigenvalue weighted by Gasteiger charge is -2.21. The van der Waals surface area contributed by atoms with Gasteiger partial charge in [-0.1, -0.05) is 29.8 Å². The van der Waals surface area contributed by atoms with Crippen LogP contribution in [0.25, 0.3) is 0 Å². The van der Waals surface area contributed by atoms with Crippen LogP contribution in [0.3, 0.4) is 0 Å². The van der Waals surface area contributed by atoms with Gasteiger partial charge in [0.15, 0.2) is 0 Å². The zero-order valence-electron chi connectivity index (χ0n) is 14.8. The van der Waals surface area contributed by atoms with Gasteiger partial charge in [-0.2, -0.15) is 0 Å². The Morgan fingerprint density at radius 2 is 1.88 bits per heavy atom. The Kier molecular flexibility index (Phi) is 12.2. The summed E-state index contributed by atoms with van der Waals surface area (Å²) >= 11 is 3.39. The fourth-order valence-corrected chi connectivity index (χ4v) is 2.36. The average Bonchev–Trinajstić information content (AvgIpc) is 2.53. The second kappa shape index (κ2) is 12.6. The van der Waals surface area contributed by atoms with E-state index < -0.39 is 0 Å². The predicted molar refractivity (Wildman–Crippen MR) is 106 cm³/mol. The maximum atomic E-state index is 12.0. The van der Waals surface area contributed by atoms with Gasteiger partial charge in [0, 0.05) is 30.5 Å². The number of unbranched alkanes of at least 4 members (excludes halogenated alkanes) is 1. The van der Waals surface area contributed by atoms with Crippen LogP contribution >= 0.6 is 28.3 Å². The molecule has 0 spiro atoms. The first-order valence-electron chi connectivity index (χ1n) is 8.28. The van der Waals surface area contributed by atoms with Crippen LogP contribution in [-0.4, -0.2) is 37.0 Å². The summed E-state index contributed by atoms with van der Waals surface area (Å²) in [6.07, 6.45) is 3.14. The number of rotatable bonds is 10. The van der Waals surface area contributed by atoms with E-state index in [9.17, 15) is 4.79 Å². The molecule has 0 aliphatic carbocycles. The molecule has 6 heteroatoms. The largest absolute Gasteiger partial charge is 0.494 e. The second-order valence-corrected chi connectivity index (χ2v) is 7.19. The van der Waals surface area contributed by atoms with Crippen molar-refractivity contribution in [1.82, 2.24) is 4.90 Å². The van der Waals surface area contributed by atoms with Gasteiger partial charge in [0.25, 0.3) is 0 Å². The highest BCUT2D eigenvalue weighted by Crippen LogP contribution is 2.16. The van der Waals surface area contributed by atoms with E-state index >= 15 is 0 Å². The van der Waals surface area contributed by atoms with Crippen molar-refractivity contribution in [3.63, 3.8) is 0 Å². The maximum Gasteiger partial charge on any atom is 0.222 e. The van der Waals surface area contributed by atoms with Gasteiger partial charge < -0.3 is 15.4 Å². The molecule has 0 radical (unpaired) electrons. The van der Waals surface area contributed by atoms with Crippen LogP contribution in [0.4, 0.5) is 0 Å². The molecule has 0 aliphatic heterocycles. The first kappa shape index (κ1) is 23.2. The van der Waals surface area contributed by atoms with E-state index in [4.69, 9.17) is 10.5 Å². The first-order valence-corrected chi connectivity index (χ1v) is 9.07. The van der Waals surface area contributed by atoms with E-state index in [0.717, 1.165) is 36.0 Å². The minimum absolute atomic E-state index is 0. The third kappa shape index (κ3) is 9.50. The molecule has 1 aromatic rings. The van der Waals surface area contributed by atoms with Crippen LogP contribution in [0.2, 0.25) is 0 Å². The Morgan fingerprint density at radius 3 is 2.46 bits per heavy atom. The smallest absolute Gasteiger partial charge is 0.222 e. The third-order valence-corrected chi connectivity index (χ3v) is 4.48. The number of hydrogen-bond acceptors (Lipinski definition) is 3. The molecule has 0 heterocycles. The number of amides is 1. The minimum Gasteiger partial charge on any atom is -0.494 e. The summed E-state index contributed by atoms with van der Waals surface area (Å²) in [4.78, 5) is 13.8. The van der Waals surface area contributed by atoms with Gasteiger partial charge in [0.05, 0.1) is 6.61 Å². The van der Waals surface area contributed by atoms with E-state index in [0.29, 0.717) is 18.9 Å². The SMILES string of the molecule is CC(C)C(N)CCN(C)C(=O)CCCCOc1ccc(Br)cc1.Cl. The number of carbonyl (C=O) groups is 1. The van der Waals surface area contributed by atoms with Gasteiger partial charge in [-0.3, -0.25) is 4.79 Å². The lowest BCUT2D eigenvalue weighted by Crippen LogP contribution is -2.34. The number of nitrogens with zero attached hydrogens (tertiary/aromatic N) is 1. The summed E-state index contributed by atoms with van der Waals surface area (Å²) in [7, 11) is 1.85. The van der Waals surface area contributed by atoms with Crippen LogP contribution in [0, 0.1) is 5.92 Å². The number of hydrogen-bond donors (Lipinski definition) is 1. The van der Waals surface area contributed by atoms with E-state index in [1.54, 1.807) is 4.90 Å². The van der Waals surface area contributed by atoms with Gasteiger partial charge in [0.2, 0.25) is 5.91 Å². The molecule has 1 unspecified atom stereocenters. The fraction of sp³-hybridized carbons (Fsp3) is 0.611. The highest BCUT2D eigenvalue weighted by molar-refractivity contribution is 9.10. The van der Waals surface area contributed by atoms with Crippen LogP contribution in [-0.2, 0) is 4.79 Å². The van der Waals surface area contributed by atoms with Gasteiger partial charge in [-0.05, 0) is 49.4 Å². The standard InChI is InChI=1S/C18H29BrN2O2.ClH/c1-14(2)17(20)11-12-21(3)18(22)6-4-5-13-23-16-9-7-15(19)8-10-16;/h7-10,14,17H,4-6,11-13,20H2,1-3H3;1H. The molecule has 0 fully saturated rings. The van der Waals surface area contributed by atoms with Crippen LogP contribution in [0.15, 0.2) is 28.7 Å². The predicted octanol–water partition coefficient (Wildman–Crippen LogP) is 4.25. The Morgan fingerprint density at radius 1 is 1.25 bits per heavy atom. The molecule has 1 amide bonds. The molecule has 0 aromatic heterocycles. The molecule has 1 atom stereocenters. The molecule has 138 valence electrons. The molecular weight excluding hydrogens is 392 g/mol. The highest BCUT2D eigenvalue weighted by atomic mass is 79.9. The Bertz CT molecular complexity index is 469. The molecule has 2 N–H and O–H groups in total. The Hall–Kier alpha value is -0.780. The Labute approximate surface area is 160 Å². The van der Waals surface area contributed by atoms with Crippen molar-refractivity contribution in [3.05, 3.63) is 28.7 Å². The topological polar surface area (TPSA) is 55.6 Å². The van der Waals surface area contributed by atoms with E-state index in [2.05, 4.69) is 29.8 Å². The van der Waals surface area contributed by atoms with Gasteiger partial charge in [-0.25, -0.2) is 0 Å². The monoisotopic (exact) mass is 420 g/mol. The molecular formula is C18H30BrClN2O2. The van der Waals surface area contributed by atoms with E-state index in [1.807, 2.05) is 31.3 Å². The highest BCUT2D eigenvalue weighted by Gasteiger charge is 2.12. The van der Waals surface area contributed by atoms with Crippen molar-refractivity contribution >= 4 is 34.2 Å². The minimum atomic E-state index is 0. The van der Waals surface area contributed by atoms with Crippen molar-refractivity contribution in [2.45, 2.75) is 45.6 Å². The number of carbonyl (C=O) groups excluding carboxylic acids is 1. The summed E-state index contributed by atoms with van der Waals surface area (Å²) < 4.78 is 6.68. The van der Waals surface area contributed by atoms with Gasteiger partial charge in [-0.15, -0.1) is 12.4 Å². The average molecular weight is 422 g/mol. The van der Waals surface area contributed by atoms with Crippen LogP contribution in [0.5, 0.6) is 5.75 Å². The van der Waals surface area contributed by atoms with Crippen LogP contribution < -0.4 is 10.5 Å². The third-order valence-electron chi connectivity index (χ3n) is 3.95. The molecule has 1 aromatic carbocycles. The molecule has 0 saturated heterocycles. The number of benzene rings is 1. The second-order valence-electron chi connectivity index (χ2n) is 6.27. The summed E-state index contributed by atoms with van der Waals surface area (Å²) in [5, 5.41) is 0. The molecule has 24 heavy (non-hydrogen) atoms. The van der Waals surface area contributed by atoms with Crippen molar-refractivity contribution in [2.75, 3.05) is 20.2 Å². The van der Waals surface area contributed by atoms with Crippen molar-refractivity contribution < 1.29 is 9.53 Å². The molecule has 0 saturated carbocycles. The zero-order valence-corrected chi connectivity index (χ0v) is 17.2. The number of halogens is 2. The van der Waals surface area contributed by atoms with Crippen molar-refractivity contribution in [3.8, 4) is 5.75 Å². The quantitative estimate of drug-likeness (QED) is 0.574. The Balaban J connectivity index is 0.00000529. The first-order chi connectivity index (χ1) is 10.9. The molecule has 0 bridgehead atoms. The van der Waals surface area contributed by atoms with Crippen molar-refractivity contribution in [2.24, 2.45) is 11.7 Å². The van der Waals surface area contributed by atoms with Crippen LogP contribution in [0.1, 0.15) is 39.5 Å². The molecule has 4 nitrogen and oxygen atoms in total. The van der Waals surface area contributed by atoms with Crippen molar-refractivity contribution in [1.29, 1.82) is 0 Å². The molecule has 1 rings (SSSR count). The van der Waals surface area contributed by atoms with E-state index in [1.165, 1.54) is 0 Å². The molecule has 0 aliphatic rings. The number of ether oxygens (including phenoxy) is 1. The van der Waals surface area contributed by atoms with Gasteiger partial charge in [0.1, 0.15) is 5.75 Å². The van der Waals surface area contributed by atoms with Gasteiger partial charge >= 0.3 is 0 Å². The summed E-state index contributed by atoms with van der Waals surface area (Å²) in [5.74, 6) is 1.50. The lowest BCUT2D eigenvalue weighted by molar-refractivity contribution is -0.130. The number of nitrogens with two attached hydrogens (primary N) is 1.